The van der Waals surface area contributed by atoms with Gasteiger partial charge in [-0.3, -0.25) is 4.79 Å². The van der Waals surface area contributed by atoms with Crippen molar-refractivity contribution < 1.29 is 18.3 Å². The average Bonchev–Trinajstić information content (AvgIpc) is 3.25. The Hall–Kier alpha value is -1.56. The Kier molecular flexibility index (Phi) is 4.12. The maximum absolute atomic E-state index is 12.7. The van der Waals surface area contributed by atoms with Crippen LogP contribution in [0.3, 0.4) is 0 Å². The highest BCUT2D eigenvalue weighted by molar-refractivity contribution is 7.92. The molecule has 0 heterocycles. The summed E-state index contributed by atoms with van der Waals surface area (Å²) in [6, 6.07) is 12.3. The zero-order valence-corrected chi connectivity index (χ0v) is 14.0. The Bertz CT molecular complexity index is 845. The summed E-state index contributed by atoms with van der Waals surface area (Å²) in [5.74, 6) is -2.66. The SMILES string of the molecule is O=C(O)[C@@H]1[C@H](c2ccc(Cl)cc2)[C@H]1S(=O)(=O)c1ccc(Cl)cc1. The molecule has 0 radical (unpaired) electrons. The van der Waals surface area contributed by atoms with E-state index >= 15 is 0 Å². The molecule has 1 aliphatic rings. The van der Waals surface area contributed by atoms with Gasteiger partial charge in [-0.15, -0.1) is 0 Å². The first-order chi connectivity index (χ1) is 10.8. The standard InChI is InChI=1S/C16H12Cl2O4S/c17-10-3-1-9(2-4-10)13-14(16(19)20)15(13)23(21,22)12-7-5-11(18)6-8-12/h1-8,13-15H,(H,19,20)/t13-,14+,15+/m0/s1. The molecule has 0 saturated heterocycles. The van der Waals surface area contributed by atoms with Crippen LogP contribution in [-0.4, -0.2) is 24.7 Å². The van der Waals surface area contributed by atoms with Gasteiger partial charge in [-0.05, 0) is 42.0 Å². The molecule has 0 amide bonds. The summed E-state index contributed by atoms with van der Waals surface area (Å²) in [6.45, 7) is 0. The Morgan fingerprint density at radius 3 is 1.87 bits per heavy atom. The van der Waals surface area contributed by atoms with Crippen molar-refractivity contribution in [3.05, 3.63) is 64.1 Å². The van der Waals surface area contributed by atoms with E-state index in [0.29, 0.717) is 15.6 Å². The van der Waals surface area contributed by atoms with Gasteiger partial charge in [0.05, 0.1) is 16.1 Å². The summed E-state index contributed by atoms with van der Waals surface area (Å²) in [4.78, 5) is 11.5. The molecule has 0 bridgehead atoms. The van der Waals surface area contributed by atoms with Gasteiger partial charge in [0.15, 0.2) is 9.84 Å². The fraction of sp³-hybridized carbons (Fsp3) is 0.188. The van der Waals surface area contributed by atoms with Crippen molar-refractivity contribution in [2.75, 3.05) is 0 Å². The zero-order chi connectivity index (χ0) is 16.8. The maximum Gasteiger partial charge on any atom is 0.308 e. The summed E-state index contributed by atoms with van der Waals surface area (Å²) < 4.78 is 25.5. The second-order valence-corrected chi connectivity index (χ2v) is 8.38. The van der Waals surface area contributed by atoms with Gasteiger partial charge in [-0.25, -0.2) is 8.42 Å². The number of carboxylic acids is 1. The molecule has 1 aliphatic carbocycles. The van der Waals surface area contributed by atoms with Crippen LogP contribution in [0.4, 0.5) is 0 Å². The van der Waals surface area contributed by atoms with E-state index in [0.717, 1.165) is 0 Å². The van der Waals surface area contributed by atoms with Crippen LogP contribution in [0, 0.1) is 5.92 Å². The monoisotopic (exact) mass is 370 g/mol. The second-order valence-electron chi connectivity index (χ2n) is 5.40. The van der Waals surface area contributed by atoms with Gasteiger partial charge in [0.25, 0.3) is 0 Å². The number of carboxylic acid groups (broad SMARTS) is 1. The summed E-state index contributed by atoms with van der Waals surface area (Å²) in [5, 5.41) is 9.30. The number of rotatable bonds is 4. The lowest BCUT2D eigenvalue weighted by atomic mass is 10.1. The smallest absolute Gasteiger partial charge is 0.308 e. The Morgan fingerprint density at radius 2 is 1.39 bits per heavy atom. The fourth-order valence-electron chi connectivity index (χ4n) is 2.83. The van der Waals surface area contributed by atoms with Crippen molar-refractivity contribution in [1.82, 2.24) is 0 Å². The number of hydrogen-bond acceptors (Lipinski definition) is 3. The van der Waals surface area contributed by atoms with Crippen molar-refractivity contribution >= 4 is 39.0 Å². The van der Waals surface area contributed by atoms with Gasteiger partial charge in [0.2, 0.25) is 0 Å². The molecule has 0 aliphatic heterocycles. The Balaban J connectivity index is 1.98. The quantitative estimate of drug-likeness (QED) is 0.891. The van der Waals surface area contributed by atoms with Crippen molar-refractivity contribution in [3.8, 4) is 0 Å². The van der Waals surface area contributed by atoms with Crippen molar-refractivity contribution in [3.63, 3.8) is 0 Å². The third kappa shape index (κ3) is 2.96. The van der Waals surface area contributed by atoms with Gasteiger partial charge in [0.1, 0.15) is 0 Å². The predicted molar refractivity (Wildman–Crippen MR) is 87.7 cm³/mol. The van der Waals surface area contributed by atoms with Crippen LogP contribution in [-0.2, 0) is 14.6 Å². The van der Waals surface area contributed by atoms with Crippen LogP contribution in [0.5, 0.6) is 0 Å². The molecule has 2 aromatic carbocycles. The van der Waals surface area contributed by atoms with E-state index in [9.17, 15) is 18.3 Å². The number of sulfone groups is 1. The number of hydrogen-bond donors (Lipinski definition) is 1. The third-order valence-corrected chi connectivity index (χ3v) is 6.73. The van der Waals surface area contributed by atoms with Crippen molar-refractivity contribution in [2.45, 2.75) is 16.1 Å². The average molecular weight is 371 g/mol. The van der Waals surface area contributed by atoms with Crippen LogP contribution in [0.2, 0.25) is 10.0 Å². The highest BCUT2D eigenvalue weighted by atomic mass is 35.5. The number of benzene rings is 2. The van der Waals surface area contributed by atoms with E-state index in [1.54, 1.807) is 24.3 Å². The lowest BCUT2D eigenvalue weighted by molar-refractivity contribution is -0.138. The fourth-order valence-corrected chi connectivity index (χ4v) is 5.20. The first kappa shape index (κ1) is 16.3. The van der Waals surface area contributed by atoms with Crippen molar-refractivity contribution in [2.24, 2.45) is 5.92 Å². The number of halogens is 2. The van der Waals surface area contributed by atoms with E-state index in [1.165, 1.54) is 24.3 Å². The maximum atomic E-state index is 12.7. The molecular weight excluding hydrogens is 359 g/mol. The third-order valence-electron chi connectivity index (χ3n) is 3.99. The van der Waals surface area contributed by atoms with Crippen LogP contribution >= 0.6 is 23.2 Å². The predicted octanol–water partition coefficient (Wildman–Crippen LogP) is 3.63. The first-order valence-corrected chi connectivity index (χ1v) is 9.10. The Morgan fingerprint density at radius 1 is 0.913 bits per heavy atom. The molecule has 120 valence electrons. The Labute approximate surface area is 143 Å². The van der Waals surface area contributed by atoms with Crippen LogP contribution in [0.1, 0.15) is 11.5 Å². The molecule has 0 spiro atoms. The normalized spacial score (nSPS) is 23.5. The molecular formula is C16H12Cl2O4S. The molecule has 1 fully saturated rings. The first-order valence-electron chi connectivity index (χ1n) is 6.80. The minimum Gasteiger partial charge on any atom is -0.481 e. The van der Waals surface area contributed by atoms with E-state index in [-0.39, 0.29) is 4.90 Å². The molecule has 4 nitrogen and oxygen atoms in total. The largest absolute Gasteiger partial charge is 0.481 e. The van der Waals surface area contributed by atoms with Crippen LogP contribution < -0.4 is 0 Å². The van der Waals surface area contributed by atoms with Crippen LogP contribution in [0.15, 0.2) is 53.4 Å². The van der Waals surface area contributed by atoms with Gasteiger partial charge in [0, 0.05) is 16.0 Å². The topological polar surface area (TPSA) is 71.4 Å². The summed E-state index contributed by atoms with van der Waals surface area (Å²) in [5.41, 5.74) is 0.657. The molecule has 3 atom stereocenters. The number of carbonyl (C=O) groups is 1. The molecule has 0 unspecified atom stereocenters. The summed E-state index contributed by atoms with van der Waals surface area (Å²) in [7, 11) is -3.76. The van der Waals surface area contributed by atoms with Gasteiger partial charge in [-0.2, -0.15) is 0 Å². The lowest BCUT2D eigenvalue weighted by Crippen LogP contribution is -2.13. The molecule has 1 N–H and O–H groups in total. The molecule has 3 rings (SSSR count). The minimum atomic E-state index is -3.76. The van der Waals surface area contributed by atoms with Gasteiger partial charge >= 0.3 is 5.97 Å². The van der Waals surface area contributed by atoms with E-state index in [1.807, 2.05) is 0 Å². The highest BCUT2D eigenvalue weighted by Gasteiger charge is 2.63. The highest BCUT2D eigenvalue weighted by Crippen LogP contribution is 2.54. The van der Waals surface area contributed by atoms with E-state index in [2.05, 4.69) is 0 Å². The van der Waals surface area contributed by atoms with Crippen LogP contribution in [0.25, 0.3) is 0 Å². The summed E-state index contributed by atoms with van der Waals surface area (Å²) >= 11 is 11.6. The lowest BCUT2D eigenvalue weighted by Gasteiger charge is -2.04. The zero-order valence-electron chi connectivity index (χ0n) is 11.7. The molecule has 23 heavy (non-hydrogen) atoms. The molecule has 1 saturated carbocycles. The van der Waals surface area contributed by atoms with Gasteiger partial charge in [-0.1, -0.05) is 35.3 Å². The van der Waals surface area contributed by atoms with E-state index in [4.69, 9.17) is 23.2 Å². The summed E-state index contributed by atoms with van der Waals surface area (Å²) in [6.07, 6.45) is 0. The van der Waals surface area contributed by atoms with E-state index < -0.39 is 32.9 Å². The van der Waals surface area contributed by atoms with Crippen molar-refractivity contribution in [1.29, 1.82) is 0 Å². The van der Waals surface area contributed by atoms with Gasteiger partial charge < -0.3 is 5.11 Å². The molecule has 0 aromatic heterocycles. The minimum absolute atomic E-state index is 0.0783. The molecule has 7 heteroatoms. The second kappa shape index (κ2) is 5.82. The molecule has 2 aromatic rings. The number of aliphatic carboxylic acids is 1.